The minimum Gasteiger partial charge on any atom is -0.280 e. The van der Waals surface area contributed by atoms with Crippen molar-refractivity contribution >= 4 is 21.7 Å². The second-order valence-electron chi connectivity index (χ2n) is 2.70. The highest BCUT2D eigenvalue weighted by Crippen LogP contribution is 2.14. The second kappa shape index (κ2) is 2.53. The van der Waals surface area contributed by atoms with Crippen molar-refractivity contribution in [3.8, 4) is 0 Å². The van der Waals surface area contributed by atoms with Gasteiger partial charge in [-0.25, -0.2) is 9.78 Å². The molecule has 0 radical (unpaired) electrons. The smallest absolute Gasteiger partial charge is 0.280 e. The molecule has 0 aliphatic rings. The molecule has 1 N–H and O–H groups in total. The molecule has 0 fully saturated rings. The van der Waals surface area contributed by atoms with Crippen LogP contribution in [0, 0.1) is 6.92 Å². The summed E-state index contributed by atoms with van der Waals surface area (Å²) in [5.41, 5.74) is -0.331. The molecule has 2 heterocycles. The summed E-state index contributed by atoms with van der Waals surface area (Å²) >= 11 is 1.29. The third-order valence-electron chi connectivity index (χ3n) is 1.77. The molecule has 0 bridgehead atoms. The van der Waals surface area contributed by atoms with Crippen LogP contribution in [0.2, 0.25) is 0 Å². The number of fused-ring (bicyclic) bond motifs is 1. The van der Waals surface area contributed by atoms with E-state index in [2.05, 4.69) is 9.97 Å². The Balaban J connectivity index is 3.13. The third kappa shape index (κ3) is 1.10. The van der Waals surface area contributed by atoms with E-state index in [1.54, 1.807) is 14.0 Å². The first-order valence-corrected chi connectivity index (χ1v) is 4.47. The molecule has 0 aromatic carbocycles. The van der Waals surface area contributed by atoms with Gasteiger partial charge < -0.3 is 0 Å². The van der Waals surface area contributed by atoms with E-state index in [1.165, 1.54) is 15.9 Å². The lowest BCUT2D eigenvalue weighted by Crippen LogP contribution is -2.27. The fourth-order valence-corrected chi connectivity index (χ4v) is 1.97. The van der Waals surface area contributed by atoms with E-state index in [9.17, 15) is 9.59 Å². The Hall–Kier alpha value is -1.43. The normalized spacial score (nSPS) is 10.9. The van der Waals surface area contributed by atoms with E-state index in [-0.39, 0.29) is 5.56 Å². The number of nitrogens with one attached hydrogen (secondary N) is 1. The summed E-state index contributed by atoms with van der Waals surface area (Å²) in [6, 6.07) is 0. The van der Waals surface area contributed by atoms with E-state index >= 15 is 0 Å². The van der Waals surface area contributed by atoms with Crippen LogP contribution in [0.3, 0.4) is 0 Å². The van der Waals surface area contributed by atoms with Gasteiger partial charge in [0.05, 0.1) is 5.01 Å². The molecule has 2 aromatic rings. The Morgan fingerprint density at radius 1 is 1.46 bits per heavy atom. The number of rotatable bonds is 0. The van der Waals surface area contributed by atoms with E-state index in [0.29, 0.717) is 10.3 Å². The van der Waals surface area contributed by atoms with E-state index < -0.39 is 5.69 Å². The quantitative estimate of drug-likeness (QED) is 0.646. The van der Waals surface area contributed by atoms with Crippen LogP contribution >= 0.6 is 11.3 Å². The van der Waals surface area contributed by atoms with Crippen LogP contribution in [0.4, 0.5) is 0 Å². The SMILES string of the molecule is Cc1nc2c(s1)c(=O)[nH]c(=O)n2C. The van der Waals surface area contributed by atoms with Gasteiger partial charge in [0.15, 0.2) is 5.65 Å². The first kappa shape index (κ1) is 8.18. The lowest BCUT2D eigenvalue weighted by atomic mass is 10.6. The molecule has 0 atom stereocenters. The maximum Gasteiger partial charge on any atom is 0.329 e. The molecule has 0 saturated heterocycles. The molecular formula is C7H7N3O2S. The summed E-state index contributed by atoms with van der Waals surface area (Å²) in [5, 5.41) is 0.779. The largest absolute Gasteiger partial charge is 0.329 e. The molecule has 0 spiro atoms. The highest BCUT2D eigenvalue weighted by atomic mass is 32.1. The van der Waals surface area contributed by atoms with Crippen LogP contribution < -0.4 is 11.2 Å². The van der Waals surface area contributed by atoms with Gasteiger partial charge >= 0.3 is 5.69 Å². The maximum atomic E-state index is 11.3. The van der Waals surface area contributed by atoms with Crippen LogP contribution in [-0.4, -0.2) is 14.5 Å². The van der Waals surface area contributed by atoms with Gasteiger partial charge in [-0.05, 0) is 6.92 Å². The first-order chi connectivity index (χ1) is 6.09. The summed E-state index contributed by atoms with van der Waals surface area (Å²) < 4.78 is 1.83. The predicted molar refractivity (Wildman–Crippen MR) is 50.2 cm³/mol. The Labute approximate surface area is 76.7 Å². The lowest BCUT2D eigenvalue weighted by molar-refractivity contribution is 0.832. The van der Waals surface area contributed by atoms with Gasteiger partial charge in [-0.1, -0.05) is 0 Å². The highest BCUT2D eigenvalue weighted by molar-refractivity contribution is 7.18. The molecule has 0 unspecified atom stereocenters. The van der Waals surface area contributed by atoms with Crippen molar-refractivity contribution in [2.45, 2.75) is 6.92 Å². The first-order valence-electron chi connectivity index (χ1n) is 3.66. The topological polar surface area (TPSA) is 67.8 Å². The molecule has 0 saturated carbocycles. The van der Waals surface area contributed by atoms with Gasteiger partial charge in [0, 0.05) is 7.05 Å². The summed E-state index contributed by atoms with van der Waals surface area (Å²) in [5.74, 6) is 0. The maximum absolute atomic E-state index is 11.3. The molecule has 6 heteroatoms. The molecule has 0 amide bonds. The summed E-state index contributed by atoms with van der Waals surface area (Å²) in [7, 11) is 1.58. The predicted octanol–water partition coefficient (Wildman–Crippen LogP) is -0.00828. The van der Waals surface area contributed by atoms with Crippen LogP contribution in [0.5, 0.6) is 0 Å². The van der Waals surface area contributed by atoms with Crippen molar-refractivity contribution in [2.24, 2.45) is 7.05 Å². The number of aromatic amines is 1. The van der Waals surface area contributed by atoms with Gasteiger partial charge in [0.1, 0.15) is 4.70 Å². The van der Waals surface area contributed by atoms with Gasteiger partial charge in [0.25, 0.3) is 5.56 Å². The van der Waals surface area contributed by atoms with Crippen molar-refractivity contribution in [2.75, 3.05) is 0 Å². The third-order valence-corrected chi connectivity index (χ3v) is 2.72. The van der Waals surface area contributed by atoms with Crippen molar-refractivity contribution in [1.82, 2.24) is 14.5 Å². The Bertz CT molecular complexity index is 577. The minimum atomic E-state index is -0.428. The zero-order chi connectivity index (χ0) is 9.59. The minimum absolute atomic E-state index is 0.358. The number of thiazole rings is 1. The molecule has 0 aliphatic heterocycles. The summed E-state index contributed by atoms with van der Waals surface area (Å²) in [6.07, 6.45) is 0. The number of H-pyrrole nitrogens is 1. The van der Waals surface area contributed by atoms with Crippen molar-refractivity contribution < 1.29 is 0 Å². The molecule has 2 rings (SSSR count). The highest BCUT2D eigenvalue weighted by Gasteiger charge is 2.08. The number of aryl methyl sites for hydroxylation is 2. The second-order valence-corrected chi connectivity index (χ2v) is 3.91. The lowest BCUT2D eigenvalue weighted by Gasteiger charge is -1.94. The van der Waals surface area contributed by atoms with Gasteiger partial charge in [0.2, 0.25) is 0 Å². The molecule has 0 aliphatic carbocycles. The van der Waals surface area contributed by atoms with Gasteiger partial charge in [-0.3, -0.25) is 14.3 Å². The van der Waals surface area contributed by atoms with Crippen LogP contribution in [0.1, 0.15) is 5.01 Å². The fourth-order valence-electron chi connectivity index (χ4n) is 1.13. The Morgan fingerprint density at radius 2 is 2.15 bits per heavy atom. The van der Waals surface area contributed by atoms with Crippen LogP contribution in [0.25, 0.3) is 10.3 Å². The van der Waals surface area contributed by atoms with Gasteiger partial charge in [-0.2, -0.15) is 0 Å². The van der Waals surface area contributed by atoms with Crippen molar-refractivity contribution in [1.29, 1.82) is 0 Å². The summed E-state index contributed by atoms with van der Waals surface area (Å²) in [6.45, 7) is 1.80. The number of nitrogens with zero attached hydrogens (tertiary/aromatic N) is 2. The molecule has 68 valence electrons. The molecule has 2 aromatic heterocycles. The molecular weight excluding hydrogens is 190 g/mol. The molecule has 13 heavy (non-hydrogen) atoms. The van der Waals surface area contributed by atoms with Gasteiger partial charge in [-0.15, -0.1) is 11.3 Å². The zero-order valence-electron chi connectivity index (χ0n) is 7.12. The van der Waals surface area contributed by atoms with E-state index in [4.69, 9.17) is 0 Å². The molecule has 5 nitrogen and oxygen atoms in total. The monoisotopic (exact) mass is 197 g/mol. The van der Waals surface area contributed by atoms with E-state index in [0.717, 1.165) is 5.01 Å². The van der Waals surface area contributed by atoms with Crippen molar-refractivity contribution in [3.05, 3.63) is 25.8 Å². The van der Waals surface area contributed by atoms with Crippen LogP contribution in [-0.2, 0) is 7.05 Å². The Morgan fingerprint density at radius 3 is 2.85 bits per heavy atom. The van der Waals surface area contributed by atoms with Crippen LogP contribution in [0.15, 0.2) is 9.59 Å². The van der Waals surface area contributed by atoms with Crippen molar-refractivity contribution in [3.63, 3.8) is 0 Å². The Kier molecular flexibility index (Phi) is 1.59. The fraction of sp³-hybridized carbons (Fsp3) is 0.286. The zero-order valence-corrected chi connectivity index (χ0v) is 7.94. The summed E-state index contributed by atoms with van der Waals surface area (Å²) in [4.78, 5) is 28.7. The number of hydrogen-bond donors (Lipinski definition) is 1. The van der Waals surface area contributed by atoms with E-state index in [1.807, 2.05) is 0 Å². The standard InChI is InChI=1S/C7H7N3O2S/c1-3-8-5-4(13-3)6(11)9-7(12)10(5)2/h1-2H3,(H,9,11,12). The number of aromatic nitrogens is 3. The average Bonchev–Trinajstić information content (AvgIpc) is 2.44. The average molecular weight is 197 g/mol. The number of hydrogen-bond acceptors (Lipinski definition) is 4.